The van der Waals surface area contributed by atoms with Gasteiger partial charge in [0.1, 0.15) is 0 Å². The van der Waals surface area contributed by atoms with Gasteiger partial charge in [0.2, 0.25) is 0 Å². The van der Waals surface area contributed by atoms with Crippen LogP contribution in [0.25, 0.3) is 0 Å². The monoisotopic (exact) mass is 314 g/mol. The summed E-state index contributed by atoms with van der Waals surface area (Å²) >= 11 is 0. The van der Waals surface area contributed by atoms with Crippen LogP contribution in [0.1, 0.15) is 44.5 Å². The van der Waals surface area contributed by atoms with Crippen LogP contribution >= 0.6 is 0 Å². The summed E-state index contributed by atoms with van der Waals surface area (Å²) in [7, 11) is 0. The second-order valence-electron chi connectivity index (χ2n) is 6.96. The van der Waals surface area contributed by atoms with E-state index in [4.69, 9.17) is 0 Å². The number of rotatable bonds is 4. The molecular weight excluding hydrogens is 288 g/mol. The first kappa shape index (κ1) is 16.5. The van der Waals surface area contributed by atoms with Crippen LogP contribution < -0.4 is 0 Å². The zero-order valence-corrected chi connectivity index (χ0v) is 15.2. The van der Waals surface area contributed by atoms with Crippen LogP contribution in [0, 0.1) is 27.7 Å². The zero-order chi connectivity index (χ0) is 17.1. The van der Waals surface area contributed by atoms with Crippen molar-refractivity contribution in [2.75, 3.05) is 0 Å². The van der Waals surface area contributed by atoms with Crippen molar-refractivity contribution < 1.29 is 0 Å². The molecule has 0 atom stereocenters. The SMILES string of the molecule is Cc1ccc(Cc2ccc(Cc3ccc(C)cc3)c(C)c2C)cc1. The summed E-state index contributed by atoms with van der Waals surface area (Å²) in [5.74, 6) is 0. The number of hydrogen-bond donors (Lipinski definition) is 0. The van der Waals surface area contributed by atoms with E-state index < -0.39 is 0 Å². The van der Waals surface area contributed by atoms with E-state index in [0.29, 0.717) is 0 Å². The molecular formula is C24H26. The minimum atomic E-state index is 1.01. The molecule has 0 fully saturated rings. The molecule has 0 saturated heterocycles. The summed E-state index contributed by atoms with van der Waals surface area (Å²) < 4.78 is 0. The first-order valence-corrected chi connectivity index (χ1v) is 8.72. The Morgan fingerprint density at radius 1 is 0.458 bits per heavy atom. The second-order valence-corrected chi connectivity index (χ2v) is 6.96. The minimum absolute atomic E-state index is 1.01. The van der Waals surface area contributed by atoms with E-state index in [1.807, 2.05) is 0 Å². The molecule has 0 aliphatic heterocycles. The zero-order valence-electron chi connectivity index (χ0n) is 15.2. The standard InChI is InChI=1S/C24H26/c1-17-5-9-21(10-6-17)15-23-13-14-24(20(4)19(23)3)16-22-11-7-18(2)8-12-22/h5-14H,15-16H2,1-4H3. The van der Waals surface area contributed by atoms with Gasteiger partial charge in [0.15, 0.2) is 0 Å². The van der Waals surface area contributed by atoms with Gasteiger partial charge in [-0.1, -0.05) is 71.8 Å². The molecule has 3 rings (SSSR count). The van der Waals surface area contributed by atoms with Gasteiger partial charge in [-0.25, -0.2) is 0 Å². The first-order valence-electron chi connectivity index (χ1n) is 8.72. The van der Waals surface area contributed by atoms with Gasteiger partial charge in [-0.2, -0.15) is 0 Å². The molecule has 0 nitrogen and oxygen atoms in total. The van der Waals surface area contributed by atoms with Crippen molar-refractivity contribution in [3.8, 4) is 0 Å². The van der Waals surface area contributed by atoms with Gasteiger partial charge >= 0.3 is 0 Å². The largest absolute Gasteiger partial charge is 0.0590 e. The molecule has 0 heterocycles. The van der Waals surface area contributed by atoms with Gasteiger partial charge in [-0.05, 0) is 73.9 Å². The van der Waals surface area contributed by atoms with Crippen LogP contribution in [-0.4, -0.2) is 0 Å². The van der Waals surface area contributed by atoms with Crippen LogP contribution in [0.2, 0.25) is 0 Å². The summed E-state index contributed by atoms with van der Waals surface area (Å²) in [4.78, 5) is 0. The third-order valence-electron chi connectivity index (χ3n) is 5.04. The summed E-state index contributed by atoms with van der Waals surface area (Å²) in [6.07, 6.45) is 2.02. The van der Waals surface area contributed by atoms with E-state index >= 15 is 0 Å². The lowest BCUT2D eigenvalue weighted by atomic mass is 9.91. The van der Waals surface area contributed by atoms with Gasteiger partial charge in [0, 0.05) is 0 Å². The fraction of sp³-hybridized carbons (Fsp3) is 0.250. The maximum atomic E-state index is 2.31. The lowest BCUT2D eigenvalue weighted by Gasteiger charge is -2.14. The fourth-order valence-electron chi connectivity index (χ4n) is 3.17. The van der Waals surface area contributed by atoms with Gasteiger partial charge in [-0.15, -0.1) is 0 Å². The number of aryl methyl sites for hydroxylation is 2. The maximum Gasteiger partial charge on any atom is -0.00230 e. The van der Waals surface area contributed by atoms with Crippen LogP contribution in [0.5, 0.6) is 0 Å². The van der Waals surface area contributed by atoms with Crippen molar-refractivity contribution >= 4 is 0 Å². The average Bonchev–Trinajstić information content (AvgIpc) is 2.58. The fourth-order valence-corrected chi connectivity index (χ4v) is 3.17. The summed E-state index contributed by atoms with van der Waals surface area (Å²) in [5.41, 5.74) is 11.1. The summed E-state index contributed by atoms with van der Waals surface area (Å²) in [6.45, 7) is 8.80. The Kier molecular flexibility index (Phi) is 4.85. The molecule has 0 radical (unpaired) electrons. The van der Waals surface area contributed by atoms with E-state index in [2.05, 4.69) is 88.4 Å². The van der Waals surface area contributed by atoms with Crippen LogP contribution in [0.4, 0.5) is 0 Å². The molecule has 0 aliphatic carbocycles. The quantitative estimate of drug-likeness (QED) is 0.545. The van der Waals surface area contributed by atoms with Crippen LogP contribution in [-0.2, 0) is 12.8 Å². The van der Waals surface area contributed by atoms with Crippen molar-refractivity contribution in [1.82, 2.24) is 0 Å². The van der Waals surface area contributed by atoms with Gasteiger partial charge in [0.25, 0.3) is 0 Å². The molecule has 0 aliphatic rings. The number of hydrogen-bond acceptors (Lipinski definition) is 0. The van der Waals surface area contributed by atoms with E-state index in [1.54, 1.807) is 0 Å². The highest BCUT2D eigenvalue weighted by molar-refractivity contribution is 5.44. The topological polar surface area (TPSA) is 0 Å². The van der Waals surface area contributed by atoms with Gasteiger partial charge in [0.05, 0.1) is 0 Å². The molecule has 0 N–H and O–H groups in total. The van der Waals surface area contributed by atoms with E-state index in [-0.39, 0.29) is 0 Å². The van der Waals surface area contributed by atoms with Crippen molar-refractivity contribution in [3.05, 3.63) is 105 Å². The minimum Gasteiger partial charge on any atom is -0.0590 e. The smallest absolute Gasteiger partial charge is 0.00230 e. The van der Waals surface area contributed by atoms with Crippen molar-refractivity contribution in [1.29, 1.82) is 0 Å². The van der Waals surface area contributed by atoms with Crippen LogP contribution in [0.3, 0.4) is 0 Å². The predicted octanol–water partition coefficient (Wildman–Crippen LogP) is 6.10. The van der Waals surface area contributed by atoms with E-state index in [9.17, 15) is 0 Å². The molecule has 0 aromatic heterocycles. The lowest BCUT2D eigenvalue weighted by Crippen LogP contribution is -2.00. The Labute approximate surface area is 146 Å². The summed E-state index contributed by atoms with van der Waals surface area (Å²) in [6, 6.07) is 22.4. The van der Waals surface area contributed by atoms with E-state index in [0.717, 1.165) is 12.8 Å². The Balaban J connectivity index is 1.82. The molecule has 0 spiro atoms. The van der Waals surface area contributed by atoms with Crippen molar-refractivity contribution in [3.63, 3.8) is 0 Å². The molecule has 0 unspecified atom stereocenters. The highest BCUT2D eigenvalue weighted by atomic mass is 14.1. The Bertz CT molecular complexity index is 749. The summed E-state index contributed by atoms with van der Waals surface area (Å²) in [5, 5.41) is 0. The van der Waals surface area contributed by atoms with E-state index in [1.165, 1.54) is 44.5 Å². The molecule has 0 bridgehead atoms. The van der Waals surface area contributed by atoms with Gasteiger partial charge in [-0.3, -0.25) is 0 Å². The third-order valence-corrected chi connectivity index (χ3v) is 5.04. The molecule has 24 heavy (non-hydrogen) atoms. The molecule has 0 saturated carbocycles. The lowest BCUT2D eigenvalue weighted by molar-refractivity contribution is 1.08. The molecule has 0 amide bonds. The Morgan fingerprint density at radius 2 is 0.792 bits per heavy atom. The molecule has 3 aromatic rings. The molecule has 0 heteroatoms. The highest BCUT2D eigenvalue weighted by Crippen LogP contribution is 2.23. The van der Waals surface area contributed by atoms with Crippen molar-refractivity contribution in [2.24, 2.45) is 0 Å². The third kappa shape index (κ3) is 3.76. The predicted molar refractivity (Wildman–Crippen MR) is 104 cm³/mol. The number of benzene rings is 3. The Morgan fingerprint density at radius 3 is 1.12 bits per heavy atom. The van der Waals surface area contributed by atoms with Crippen LogP contribution in [0.15, 0.2) is 60.7 Å². The molecule has 122 valence electrons. The highest BCUT2D eigenvalue weighted by Gasteiger charge is 2.08. The molecule has 3 aromatic carbocycles. The Hall–Kier alpha value is -2.34. The first-order chi connectivity index (χ1) is 11.5. The normalized spacial score (nSPS) is 10.8. The average molecular weight is 314 g/mol. The van der Waals surface area contributed by atoms with Crippen molar-refractivity contribution in [2.45, 2.75) is 40.5 Å². The second kappa shape index (κ2) is 7.05. The van der Waals surface area contributed by atoms with Gasteiger partial charge < -0.3 is 0 Å². The maximum absolute atomic E-state index is 2.31.